The van der Waals surface area contributed by atoms with Crippen LogP contribution in [-0.4, -0.2) is 124 Å². The largest absolute Gasteiger partial charge is 0.465 e. The van der Waals surface area contributed by atoms with Crippen molar-refractivity contribution in [3.05, 3.63) is 53.7 Å². The number of fused-ring (bicyclic) bond motifs is 5. The van der Waals surface area contributed by atoms with Gasteiger partial charge >= 0.3 is 47.8 Å². The second-order valence-electron chi connectivity index (χ2n) is 16.1. The summed E-state index contributed by atoms with van der Waals surface area (Å²) in [5.41, 5.74) is -10.4. The van der Waals surface area contributed by atoms with Crippen LogP contribution >= 0.6 is 0 Å². The monoisotopic (exact) mass is 857 g/mol. The lowest BCUT2D eigenvalue weighted by molar-refractivity contribution is -0.385. The van der Waals surface area contributed by atoms with E-state index in [2.05, 4.69) is 4.98 Å². The fourth-order valence-electron chi connectivity index (χ4n) is 9.64. The van der Waals surface area contributed by atoms with Gasteiger partial charge in [-0.3, -0.25) is 33.8 Å². The van der Waals surface area contributed by atoms with Crippen LogP contribution in [0.5, 0.6) is 0 Å². The number of ether oxygens (including phenoxy) is 9. The van der Waals surface area contributed by atoms with Gasteiger partial charge in [-0.2, -0.15) is 0 Å². The molecule has 330 valence electrons. The van der Waals surface area contributed by atoms with Gasteiger partial charge in [-0.25, -0.2) is 9.59 Å². The maximum atomic E-state index is 14.5. The summed E-state index contributed by atoms with van der Waals surface area (Å²) in [6.07, 6.45) is -9.87. The number of aromatic nitrogens is 1. The van der Waals surface area contributed by atoms with Gasteiger partial charge in [0, 0.05) is 46.7 Å². The highest BCUT2D eigenvalue weighted by molar-refractivity contribution is 5.91. The second-order valence-corrected chi connectivity index (χ2v) is 16.1. The first-order chi connectivity index (χ1) is 28.5. The van der Waals surface area contributed by atoms with Crippen LogP contribution in [0.2, 0.25) is 0 Å². The summed E-state index contributed by atoms with van der Waals surface area (Å²) in [4.78, 5) is 113. The summed E-state index contributed by atoms with van der Waals surface area (Å²) < 4.78 is 60.4. The number of nitrogens with zero attached hydrogens (tertiary/aromatic N) is 1. The van der Waals surface area contributed by atoms with Crippen LogP contribution in [0.4, 0.5) is 0 Å². The summed E-state index contributed by atoms with van der Waals surface area (Å²) >= 11 is 0. The van der Waals surface area contributed by atoms with Crippen LogP contribution < -0.4 is 0 Å². The van der Waals surface area contributed by atoms with Crippen molar-refractivity contribution < 1.29 is 90.5 Å². The highest BCUT2D eigenvalue weighted by Crippen LogP contribution is 2.70. The minimum absolute atomic E-state index is 0.0561. The number of carbonyl (C=O) groups is 8. The van der Waals surface area contributed by atoms with Crippen LogP contribution in [0, 0.1) is 17.3 Å². The number of cyclic esters (lactones) is 1. The third-order valence-electron chi connectivity index (χ3n) is 12.1. The quantitative estimate of drug-likeness (QED) is 0.293. The fraction of sp³-hybridized carbons (Fsp3) is 0.585. The lowest BCUT2D eigenvalue weighted by atomic mass is 9.45. The molecule has 0 amide bonds. The molecule has 0 unspecified atom stereocenters. The zero-order valence-corrected chi connectivity index (χ0v) is 34.8. The van der Waals surface area contributed by atoms with Gasteiger partial charge in [-0.05, 0) is 38.1 Å². The van der Waals surface area contributed by atoms with Gasteiger partial charge in [-0.1, -0.05) is 13.8 Å². The Morgan fingerprint density at radius 1 is 0.787 bits per heavy atom. The Hall–Kier alpha value is -5.89. The van der Waals surface area contributed by atoms with Crippen molar-refractivity contribution in [3.8, 4) is 0 Å². The first-order valence-corrected chi connectivity index (χ1v) is 19.4. The number of aliphatic hydroxyl groups is 1. The third kappa shape index (κ3) is 7.28. The number of esters is 8. The molecular formula is C41H47NO19. The molecule has 4 bridgehead atoms. The standard InChI is InChI=1S/C41H47NO19/c1-18-19(2)35(48)59-32-30(56-22(5)45)34(60-37(50)26-13-11-15-52-26)40(17-53-20(3)43)33(58-24(7)47)29(55-21(4)44)27-31(57-23(6)46)41(40,39(32,9)51)61-38(27,8)16-54-36(49)25-12-10-14-42-28(18)25/h10-15,18-19,27,29-34,51H,16-17H2,1-9H3/t18-,19-,27+,29+,30+,31-,32-,33-,34-,38-,39+,40-,41-/m1/s1. The summed E-state index contributed by atoms with van der Waals surface area (Å²) in [5.74, 6) is -12.6. The van der Waals surface area contributed by atoms with Crippen molar-refractivity contribution >= 4 is 47.8 Å². The van der Waals surface area contributed by atoms with Crippen LogP contribution in [0.3, 0.4) is 0 Å². The van der Waals surface area contributed by atoms with E-state index in [0.29, 0.717) is 0 Å². The van der Waals surface area contributed by atoms with E-state index in [0.717, 1.165) is 47.8 Å². The number of furan rings is 1. The molecule has 0 aromatic carbocycles. The maximum absolute atomic E-state index is 14.5. The van der Waals surface area contributed by atoms with Gasteiger partial charge in [0.25, 0.3) is 0 Å². The molecule has 4 heterocycles. The van der Waals surface area contributed by atoms with Gasteiger partial charge in [0.2, 0.25) is 5.76 Å². The Balaban J connectivity index is 1.81. The SMILES string of the molecule is CC(=O)OC[C@@]12[C@H](OC(=O)c3ccco3)[C@@H](OC(C)=O)[C@H]3OC(=O)[C@H](C)[C@@H](C)c4ncccc4C(=O)OC[C@@]4(C)O[C@]1([C@H](OC(C)=O)[C@@H]4[C@H](OC(C)=O)[C@H]2OC(C)=O)[C@@]3(C)O. The van der Waals surface area contributed by atoms with Crippen molar-refractivity contribution in [2.24, 2.45) is 17.3 Å². The van der Waals surface area contributed by atoms with E-state index in [1.807, 2.05) is 0 Å². The molecule has 20 nitrogen and oxygen atoms in total. The van der Waals surface area contributed by atoms with Crippen LogP contribution in [0.15, 0.2) is 41.1 Å². The van der Waals surface area contributed by atoms with Gasteiger partial charge in [0.15, 0.2) is 30.0 Å². The molecule has 4 aliphatic rings. The van der Waals surface area contributed by atoms with Gasteiger partial charge in [-0.15, -0.1) is 0 Å². The Morgan fingerprint density at radius 2 is 1.39 bits per heavy atom. The molecular weight excluding hydrogens is 810 g/mol. The van der Waals surface area contributed by atoms with Crippen molar-refractivity contribution in [3.63, 3.8) is 0 Å². The van der Waals surface area contributed by atoms with Crippen molar-refractivity contribution in [2.75, 3.05) is 13.2 Å². The first kappa shape index (κ1) is 44.7. The zero-order valence-electron chi connectivity index (χ0n) is 34.8. The summed E-state index contributed by atoms with van der Waals surface area (Å²) in [6, 6.07) is 5.44. The molecule has 2 aliphatic carbocycles. The molecule has 0 radical (unpaired) electrons. The third-order valence-corrected chi connectivity index (χ3v) is 12.1. The normalized spacial score (nSPS) is 36.5. The second kappa shape index (κ2) is 16.2. The number of hydrogen-bond acceptors (Lipinski definition) is 20. The van der Waals surface area contributed by atoms with Crippen molar-refractivity contribution in [2.45, 2.75) is 122 Å². The minimum Gasteiger partial charge on any atom is -0.465 e. The molecule has 3 fully saturated rings. The van der Waals surface area contributed by atoms with Crippen molar-refractivity contribution in [1.29, 1.82) is 0 Å². The Morgan fingerprint density at radius 3 is 1.98 bits per heavy atom. The predicted octanol–water partition coefficient (Wildman–Crippen LogP) is 1.92. The van der Waals surface area contributed by atoms with Crippen LogP contribution in [-0.2, 0) is 71.4 Å². The first-order valence-electron chi connectivity index (χ1n) is 19.4. The summed E-state index contributed by atoms with van der Waals surface area (Å²) in [5, 5.41) is 13.6. The van der Waals surface area contributed by atoms with E-state index in [-0.39, 0.29) is 11.3 Å². The Kier molecular flexibility index (Phi) is 11.8. The van der Waals surface area contributed by atoms with Crippen LogP contribution in [0.25, 0.3) is 0 Å². The lowest BCUT2D eigenvalue weighted by Gasteiger charge is -2.67. The Labute approximate surface area is 348 Å². The lowest BCUT2D eigenvalue weighted by Crippen LogP contribution is -2.89. The molecule has 1 saturated heterocycles. The average Bonchev–Trinajstić information content (AvgIpc) is 3.79. The highest BCUT2D eigenvalue weighted by atomic mass is 16.7. The molecule has 2 aromatic rings. The molecule has 61 heavy (non-hydrogen) atoms. The van der Waals surface area contributed by atoms with E-state index in [1.165, 1.54) is 44.3 Å². The highest BCUT2D eigenvalue weighted by Gasteiger charge is 2.92. The molecule has 2 saturated carbocycles. The van der Waals surface area contributed by atoms with Gasteiger partial charge < -0.3 is 52.2 Å². The van der Waals surface area contributed by atoms with Gasteiger partial charge in [0.1, 0.15) is 42.0 Å². The minimum atomic E-state index is -2.88. The van der Waals surface area contributed by atoms with Gasteiger partial charge in [0.05, 0.1) is 29.4 Å². The van der Waals surface area contributed by atoms with E-state index in [1.54, 1.807) is 6.92 Å². The molecule has 2 aromatic heterocycles. The number of rotatable bonds is 8. The molecule has 2 aliphatic heterocycles. The topological polar surface area (TPSA) is 266 Å². The molecule has 6 rings (SSSR count). The Bertz CT molecular complexity index is 2120. The van der Waals surface area contributed by atoms with Crippen LogP contribution in [0.1, 0.15) is 94.8 Å². The van der Waals surface area contributed by atoms with E-state index >= 15 is 0 Å². The predicted molar refractivity (Wildman–Crippen MR) is 198 cm³/mol. The van der Waals surface area contributed by atoms with E-state index in [4.69, 9.17) is 47.0 Å². The molecule has 1 N–H and O–H groups in total. The maximum Gasteiger partial charge on any atom is 0.374 e. The molecule has 13 atom stereocenters. The number of hydrogen-bond donors (Lipinski definition) is 1. The van der Waals surface area contributed by atoms with E-state index in [9.17, 15) is 43.5 Å². The smallest absolute Gasteiger partial charge is 0.374 e. The molecule has 20 heteroatoms. The average molecular weight is 858 g/mol. The summed E-state index contributed by atoms with van der Waals surface area (Å²) in [7, 11) is 0. The fourth-order valence-corrected chi connectivity index (χ4v) is 9.64. The number of carbonyl (C=O) groups excluding carboxylic acids is 8. The van der Waals surface area contributed by atoms with E-state index < -0.39 is 143 Å². The zero-order chi connectivity index (χ0) is 45.0. The summed E-state index contributed by atoms with van der Waals surface area (Å²) in [6.45, 7) is 8.53. The van der Waals surface area contributed by atoms with Crippen molar-refractivity contribution in [1.82, 2.24) is 4.98 Å². The number of pyridine rings is 1. The molecule has 1 spiro atoms.